The molecule has 0 aliphatic carbocycles. The van der Waals surface area contributed by atoms with Gasteiger partial charge in [-0.05, 0) is 74.9 Å². The molecule has 6 aromatic rings. The van der Waals surface area contributed by atoms with Crippen LogP contribution >= 0.6 is 7.92 Å². The Morgan fingerprint density at radius 2 is 1.10 bits per heavy atom. The highest BCUT2D eigenvalue weighted by atomic mass is 31.1. The number of aryl methyl sites for hydroxylation is 1. The summed E-state index contributed by atoms with van der Waals surface area (Å²) < 4.78 is 0. The summed E-state index contributed by atoms with van der Waals surface area (Å²) in [6.45, 7) is 0. The minimum Gasteiger partial charge on any atom is -0.481 e. The van der Waals surface area contributed by atoms with E-state index in [4.69, 9.17) is 0 Å². The largest absolute Gasteiger partial charge is 0.481 e. The van der Waals surface area contributed by atoms with Gasteiger partial charge in [-0.25, -0.2) is 0 Å². The van der Waals surface area contributed by atoms with E-state index in [-0.39, 0.29) is 6.42 Å². The van der Waals surface area contributed by atoms with Crippen LogP contribution in [0.15, 0.2) is 146 Å². The number of aliphatic carboxylic acids is 1. The van der Waals surface area contributed by atoms with Crippen LogP contribution in [-0.2, 0) is 11.2 Å². The molecule has 6 rings (SSSR count). The fourth-order valence-corrected chi connectivity index (χ4v) is 7.97. The second kappa shape index (κ2) is 11.7. The number of rotatable bonds is 8. The van der Waals surface area contributed by atoms with Crippen LogP contribution in [0.4, 0.5) is 0 Å². The molecule has 3 heteroatoms. The summed E-state index contributed by atoms with van der Waals surface area (Å²) in [5, 5.41) is 15.8. The number of benzene rings is 6. The number of carbonyl (C=O) groups is 1. The molecule has 0 heterocycles. The molecule has 0 saturated carbocycles. The van der Waals surface area contributed by atoms with E-state index < -0.39 is 13.9 Å². The zero-order valence-corrected chi connectivity index (χ0v) is 23.0. The third-order valence-electron chi connectivity index (χ3n) is 7.26. The first-order valence-electron chi connectivity index (χ1n) is 13.5. The van der Waals surface area contributed by atoms with Crippen molar-refractivity contribution in [2.24, 2.45) is 0 Å². The molecule has 6 aromatic carbocycles. The van der Waals surface area contributed by atoms with Crippen LogP contribution in [0, 0.1) is 0 Å². The summed E-state index contributed by atoms with van der Waals surface area (Å²) in [5.41, 5.74) is 5.62. The summed E-state index contributed by atoms with van der Waals surface area (Å²) in [6.07, 6.45) is 0.534. The van der Waals surface area contributed by atoms with Crippen LogP contribution < -0.4 is 15.9 Å². The molecule has 0 aliphatic heterocycles. The maximum Gasteiger partial charge on any atom is 0.303 e. The summed E-state index contributed by atoms with van der Waals surface area (Å²) in [6, 6.07) is 51.3. The van der Waals surface area contributed by atoms with Crippen molar-refractivity contribution in [3.05, 3.63) is 151 Å². The Labute approximate surface area is 236 Å². The number of hydrogen-bond donors (Lipinski definition) is 1. The minimum atomic E-state index is -0.848. The Kier molecular flexibility index (Phi) is 7.53. The lowest BCUT2D eigenvalue weighted by atomic mass is 9.86. The minimum absolute atomic E-state index is 0.0773. The lowest BCUT2D eigenvalue weighted by molar-refractivity contribution is -0.136. The molecular formula is C37H29O2P. The molecule has 0 aromatic heterocycles. The van der Waals surface area contributed by atoms with Crippen LogP contribution in [0.2, 0.25) is 0 Å². The van der Waals surface area contributed by atoms with Crippen molar-refractivity contribution in [1.82, 2.24) is 0 Å². The fraction of sp³-hybridized carbons (Fsp3) is 0.0541. The maximum absolute atomic E-state index is 11.8. The van der Waals surface area contributed by atoms with Gasteiger partial charge in [0.2, 0.25) is 0 Å². The first kappa shape index (κ1) is 25.7. The van der Waals surface area contributed by atoms with Gasteiger partial charge in [-0.2, -0.15) is 0 Å². The molecular weight excluding hydrogens is 507 g/mol. The fourth-order valence-electron chi connectivity index (χ4n) is 5.51. The molecule has 40 heavy (non-hydrogen) atoms. The molecule has 0 saturated heterocycles. The normalized spacial score (nSPS) is 11.1. The monoisotopic (exact) mass is 536 g/mol. The zero-order chi connectivity index (χ0) is 27.3. The molecule has 0 radical (unpaired) electrons. The number of carboxylic acids is 1. The van der Waals surface area contributed by atoms with Gasteiger partial charge in [-0.1, -0.05) is 140 Å². The SMILES string of the molecule is O=C(O)CCc1cc(-c2ccccc2)c2ccccc2c1-c1ccccc1P(c1ccccc1)c1ccccc1. The molecule has 0 fully saturated rings. The second-order valence-corrected chi connectivity index (χ2v) is 12.0. The Hall–Kier alpha value is -4.52. The maximum atomic E-state index is 11.8. The van der Waals surface area contributed by atoms with E-state index in [0.717, 1.165) is 33.2 Å². The van der Waals surface area contributed by atoms with Crippen molar-refractivity contribution in [2.45, 2.75) is 12.8 Å². The van der Waals surface area contributed by atoms with E-state index in [1.54, 1.807) is 0 Å². The van der Waals surface area contributed by atoms with Gasteiger partial charge in [-0.15, -0.1) is 0 Å². The van der Waals surface area contributed by atoms with Crippen molar-refractivity contribution >= 4 is 40.6 Å². The molecule has 2 nitrogen and oxygen atoms in total. The average molecular weight is 537 g/mol. The van der Waals surface area contributed by atoms with Crippen LogP contribution in [0.5, 0.6) is 0 Å². The van der Waals surface area contributed by atoms with E-state index in [1.807, 2.05) is 6.07 Å². The summed E-state index contributed by atoms with van der Waals surface area (Å²) in [4.78, 5) is 11.8. The van der Waals surface area contributed by atoms with Gasteiger partial charge < -0.3 is 5.11 Å². The first-order chi connectivity index (χ1) is 19.7. The van der Waals surface area contributed by atoms with Crippen molar-refractivity contribution in [1.29, 1.82) is 0 Å². The third kappa shape index (κ3) is 5.19. The standard InChI is InChI=1S/C37H29O2P/c38-36(39)25-24-28-26-34(27-14-4-1-5-15-27)31-20-10-11-21-32(31)37(28)33-22-12-13-23-35(33)40(29-16-6-2-7-17-29)30-18-8-3-9-19-30/h1-23,26H,24-25H2,(H,38,39). The summed E-state index contributed by atoms with van der Waals surface area (Å²) in [5.74, 6) is -0.788. The third-order valence-corrected chi connectivity index (χ3v) is 9.76. The Morgan fingerprint density at radius 1 is 0.575 bits per heavy atom. The molecule has 0 bridgehead atoms. The van der Waals surface area contributed by atoms with Crippen LogP contribution in [0.25, 0.3) is 33.0 Å². The van der Waals surface area contributed by atoms with Crippen LogP contribution in [0.3, 0.4) is 0 Å². The predicted octanol–water partition coefficient (Wildman–Crippen LogP) is 7.95. The number of hydrogen-bond acceptors (Lipinski definition) is 1. The highest BCUT2D eigenvalue weighted by Crippen LogP contribution is 2.43. The quantitative estimate of drug-likeness (QED) is 0.201. The van der Waals surface area contributed by atoms with Gasteiger partial charge >= 0.3 is 5.97 Å². The van der Waals surface area contributed by atoms with Gasteiger partial charge in [0, 0.05) is 6.42 Å². The molecule has 0 unspecified atom stereocenters. The first-order valence-corrected chi connectivity index (χ1v) is 14.9. The number of fused-ring (bicyclic) bond motifs is 1. The molecule has 0 aliphatic rings. The second-order valence-electron chi connectivity index (χ2n) is 9.79. The van der Waals surface area contributed by atoms with Gasteiger partial charge in [0.05, 0.1) is 0 Å². The average Bonchev–Trinajstić information content (AvgIpc) is 3.01. The summed E-state index contributed by atoms with van der Waals surface area (Å²) >= 11 is 0. The smallest absolute Gasteiger partial charge is 0.303 e. The highest BCUT2D eigenvalue weighted by molar-refractivity contribution is 7.80. The lowest BCUT2D eigenvalue weighted by Gasteiger charge is -2.25. The van der Waals surface area contributed by atoms with Gasteiger partial charge in [0.15, 0.2) is 0 Å². The van der Waals surface area contributed by atoms with Gasteiger partial charge in [0.25, 0.3) is 0 Å². The van der Waals surface area contributed by atoms with Crippen molar-refractivity contribution in [3.63, 3.8) is 0 Å². The van der Waals surface area contributed by atoms with Crippen molar-refractivity contribution in [2.75, 3.05) is 0 Å². The molecule has 0 atom stereocenters. The van der Waals surface area contributed by atoms with Crippen LogP contribution in [-0.4, -0.2) is 11.1 Å². The highest BCUT2D eigenvalue weighted by Gasteiger charge is 2.23. The topological polar surface area (TPSA) is 37.3 Å². The Bertz CT molecular complexity index is 1720. The van der Waals surface area contributed by atoms with E-state index in [0.29, 0.717) is 6.42 Å². The predicted molar refractivity (Wildman–Crippen MR) is 169 cm³/mol. The lowest BCUT2D eigenvalue weighted by Crippen LogP contribution is -2.22. The van der Waals surface area contributed by atoms with Gasteiger partial charge in [0.1, 0.15) is 0 Å². The Morgan fingerprint density at radius 3 is 1.73 bits per heavy atom. The van der Waals surface area contributed by atoms with E-state index >= 15 is 0 Å². The van der Waals surface area contributed by atoms with Gasteiger partial charge in [-0.3, -0.25) is 4.79 Å². The molecule has 194 valence electrons. The van der Waals surface area contributed by atoms with Crippen molar-refractivity contribution in [3.8, 4) is 22.3 Å². The molecule has 1 N–H and O–H groups in total. The van der Waals surface area contributed by atoms with Crippen LogP contribution in [0.1, 0.15) is 12.0 Å². The van der Waals surface area contributed by atoms with E-state index in [1.165, 1.54) is 21.3 Å². The van der Waals surface area contributed by atoms with E-state index in [9.17, 15) is 9.90 Å². The zero-order valence-electron chi connectivity index (χ0n) is 22.1. The molecule has 0 amide bonds. The van der Waals surface area contributed by atoms with Crippen molar-refractivity contribution < 1.29 is 9.90 Å². The summed E-state index contributed by atoms with van der Waals surface area (Å²) in [7, 11) is -0.848. The number of carboxylic acid groups (broad SMARTS) is 1. The van der Waals surface area contributed by atoms with E-state index in [2.05, 4.69) is 140 Å². The molecule has 0 spiro atoms. The Balaban J connectivity index is 1.66.